The van der Waals surface area contributed by atoms with Crippen LogP contribution in [-0.2, 0) is 16.1 Å². The maximum atomic E-state index is 11.7. The van der Waals surface area contributed by atoms with Gasteiger partial charge in [-0.05, 0) is 23.8 Å². The van der Waals surface area contributed by atoms with Crippen LogP contribution in [-0.4, -0.2) is 29.3 Å². The first-order valence-corrected chi connectivity index (χ1v) is 7.54. The first-order valence-electron chi connectivity index (χ1n) is 6.66. The van der Waals surface area contributed by atoms with E-state index in [2.05, 4.69) is 19.2 Å². The van der Waals surface area contributed by atoms with E-state index < -0.39 is 11.5 Å². The lowest BCUT2D eigenvalue weighted by molar-refractivity contribution is -0.153. The molecule has 1 aliphatic heterocycles. The Morgan fingerprint density at radius 1 is 1.68 bits per heavy atom. The van der Waals surface area contributed by atoms with E-state index in [0.29, 0.717) is 31.9 Å². The Hall–Kier alpha value is -0.910. The van der Waals surface area contributed by atoms with Crippen molar-refractivity contribution in [3.8, 4) is 0 Å². The molecule has 0 saturated carbocycles. The van der Waals surface area contributed by atoms with Gasteiger partial charge in [-0.25, -0.2) is 0 Å². The molecule has 2 unspecified atom stereocenters. The number of thiophene rings is 1. The minimum atomic E-state index is -0.850. The van der Waals surface area contributed by atoms with E-state index in [-0.39, 0.29) is 6.10 Å². The molecule has 1 saturated heterocycles. The van der Waals surface area contributed by atoms with E-state index in [1.807, 2.05) is 17.5 Å². The summed E-state index contributed by atoms with van der Waals surface area (Å²) >= 11 is 1.64. The number of carboxylic acid groups (broad SMARTS) is 1. The third kappa shape index (κ3) is 3.35. The minimum absolute atomic E-state index is 0.0145. The molecule has 1 aromatic rings. The molecular formula is C14H21NO3S. The lowest BCUT2D eigenvalue weighted by atomic mass is 9.83. The highest BCUT2D eigenvalue weighted by Crippen LogP contribution is 2.29. The van der Waals surface area contributed by atoms with Crippen molar-refractivity contribution in [2.45, 2.75) is 44.9 Å². The van der Waals surface area contributed by atoms with Crippen molar-refractivity contribution in [1.29, 1.82) is 0 Å². The molecule has 0 radical (unpaired) electrons. The van der Waals surface area contributed by atoms with Crippen LogP contribution in [0.15, 0.2) is 17.5 Å². The van der Waals surface area contributed by atoms with Crippen LogP contribution >= 0.6 is 11.3 Å². The van der Waals surface area contributed by atoms with Crippen LogP contribution in [0, 0.1) is 5.92 Å². The Labute approximate surface area is 117 Å². The Kier molecular flexibility index (Phi) is 4.60. The van der Waals surface area contributed by atoms with Crippen molar-refractivity contribution in [3.63, 3.8) is 0 Å². The van der Waals surface area contributed by atoms with E-state index in [4.69, 9.17) is 4.74 Å². The lowest BCUT2D eigenvalue weighted by Crippen LogP contribution is -2.57. The van der Waals surface area contributed by atoms with E-state index >= 15 is 0 Å². The monoisotopic (exact) mass is 283 g/mol. The summed E-state index contributed by atoms with van der Waals surface area (Å²) in [5, 5.41) is 14.9. The van der Waals surface area contributed by atoms with Crippen molar-refractivity contribution >= 4 is 17.3 Å². The van der Waals surface area contributed by atoms with Crippen LogP contribution in [0.3, 0.4) is 0 Å². The molecule has 0 spiro atoms. The zero-order valence-electron chi connectivity index (χ0n) is 11.4. The van der Waals surface area contributed by atoms with Gasteiger partial charge in [0.05, 0.1) is 6.10 Å². The molecular weight excluding hydrogens is 262 g/mol. The van der Waals surface area contributed by atoms with Gasteiger partial charge in [-0.2, -0.15) is 0 Å². The van der Waals surface area contributed by atoms with Gasteiger partial charge in [0.25, 0.3) is 0 Å². The Bertz CT molecular complexity index is 418. The van der Waals surface area contributed by atoms with Crippen LogP contribution in [0.4, 0.5) is 0 Å². The van der Waals surface area contributed by atoms with Gasteiger partial charge < -0.3 is 9.84 Å². The summed E-state index contributed by atoms with van der Waals surface area (Å²) in [5.74, 6) is -0.430. The zero-order valence-corrected chi connectivity index (χ0v) is 12.2. The standard InChI is InChI=1S/C14H21NO3S/c1-10(2)12-8-14(13(16)17,5-6-18-12)15-9-11-4-3-7-19-11/h3-4,7,10,12,15H,5-6,8-9H2,1-2H3,(H,16,17). The Morgan fingerprint density at radius 2 is 2.47 bits per heavy atom. The van der Waals surface area contributed by atoms with Gasteiger partial charge in [0.2, 0.25) is 0 Å². The highest BCUT2D eigenvalue weighted by atomic mass is 32.1. The summed E-state index contributed by atoms with van der Waals surface area (Å²) in [6, 6.07) is 4.00. The molecule has 19 heavy (non-hydrogen) atoms. The molecule has 5 heteroatoms. The highest BCUT2D eigenvalue weighted by molar-refractivity contribution is 7.09. The fourth-order valence-electron chi connectivity index (χ4n) is 2.42. The van der Waals surface area contributed by atoms with Gasteiger partial charge in [-0.1, -0.05) is 19.9 Å². The van der Waals surface area contributed by atoms with Crippen molar-refractivity contribution in [3.05, 3.63) is 22.4 Å². The molecule has 0 bridgehead atoms. The lowest BCUT2D eigenvalue weighted by Gasteiger charge is -2.39. The van der Waals surface area contributed by atoms with Crippen LogP contribution < -0.4 is 5.32 Å². The molecule has 1 aliphatic rings. The number of hydrogen-bond donors (Lipinski definition) is 2. The fraction of sp³-hybridized carbons (Fsp3) is 0.643. The van der Waals surface area contributed by atoms with Gasteiger partial charge in [0, 0.05) is 24.4 Å². The summed E-state index contributed by atoms with van der Waals surface area (Å²) in [7, 11) is 0. The van der Waals surface area contributed by atoms with Crippen molar-refractivity contribution in [2.75, 3.05) is 6.61 Å². The number of ether oxygens (including phenoxy) is 1. The fourth-order valence-corrected chi connectivity index (χ4v) is 3.06. The number of carbonyl (C=O) groups is 1. The second-order valence-corrected chi connectivity index (χ2v) is 6.46. The molecule has 2 N–H and O–H groups in total. The molecule has 2 heterocycles. The molecule has 1 aromatic heterocycles. The predicted octanol–water partition coefficient (Wildman–Crippen LogP) is 2.50. The van der Waals surface area contributed by atoms with Crippen molar-refractivity contribution in [1.82, 2.24) is 5.32 Å². The molecule has 1 fully saturated rings. The molecule has 2 atom stereocenters. The first kappa shape index (κ1) is 14.5. The zero-order chi connectivity index (χ0) is 13.9. The van der Waals surface area contributed by atoms with Gasteiger partial charge in [-0.3, -0.25) is 10.1 Å². The number of hydrogen-bond acceptors (Lipinski definition) is 4. The molecule has 0 aliphatic carbocycles. The predicted molar refractivity (Wildman–Crippen MR) is 75.3 cm³/mol. The van der Waals surface area contributed by atoms with E-state index in [1.165, 1.54) is 0 Å². The van der Waals surface area contributed by atoms with E-state index in [9.17, 15) is 9.90 Å². The maximum Gasteiger partial charge on any atom is 0.324 e. The minimum Gasteiger partial charge on any atom is -0.480 e. The Morgan fingerprint density at radius 3 is 3.05 bits per heavy atom. The molecule has 106 valence electrons. The average molecular weight is 283 g/mol. The van der Waals surface area contributed by atoms with E-state index in [0.717, 1.165) is 4.88 Å². The van der Waals surface area contributed by atoms with Crippen molar-refractivity contribution in [2.24, 2.45) is 5.92 Å². The third-order valence-corrected chi connectivity index (χ3v) is 4.62. The highest BCUT2D eigenvalue weighted by Gasteiger charge is 2.43. The molecule has 0 amide bonds. The first-order chi connectivity index (χ1) is 9.03. The normalized spacial score (nSPS) is 27.6. The summed E-state index contributed by atoms with van der Waals surface area (Å²) in [6.07, 6.45) is 1.07. The largest absolute Gasteiger partial charge is 0.480 e. The van der Waals surface area contributed by atoms with Crippen molar-refractivity contribution < 1.29 is 14.6 Å². The third-order valence-electron chi connectivity index (χ3n) is 3.74. The van der Waals surface area contributed by atoms with Gasteiger partial charge >= 0.3 is 5.97 Å². The van der Waals surface area contributed by atoms with Crippen LogP contribution in [0.25, 0.3) is 0 Å². The van der Waals surface area contributed by atoms with Crippen LogP contribution in [0.1, 0.15) is 31.6 Å². The second-order valence-electron chi connectivity index (χ2n) is 5.43. The number of nitrogens with one attached hydrogen (secondary N) is 1. The summed E-state index contributed by atoms with van der Waals surface area (Å²) in [6.45, 7) is 5.26. The van der Waals surface area contributed by atoms with Gasteiger partial charge in [0.1, 0.15) is 5.54 Å². The molecule has 4 nitrogen and oxygen atoms in total. The maximum absolute atomic E-state index is 11.7. The van der Waals surface area contributed by atoms with Crippen LogP contribution in [0.2, 0.25) is 0 Å². The number of rotatable bonds is 5. The average Bonchev–Trinajstić information content (AvgIpc) is 2.89. The summed E-state index contributed by atoms with van der Waals surface area (Å²) in [4.78, 5) is 12.8. The topological polar surface area (TPSA) is 58.6 Å². The molecule has 2 rings (SSSR count). The number of aliphatic carboxylic acids is 1. The number of carboxylic acids is 1. The SMILES string of the molecule is CC(C)C1CC(NCc2cccs2)(C(=O)O)CCO1. The smallest absolute Gasteiger partial charge is 0.324 e. The second kappa shape index (κ2) is 6.03. The van der Waals surface area contributed by atoms with Gasteiger partial charge in [-0.15, -0.1) is 11.3 Å². The quantitative estimate of drug-likeness (QED) is 0.871. The Balaban J connectivity index is 2.06. The summed E-state index contributed by atoms with van der Waals surface area (Å²) in [5.41, 5.74) is -0.850. The molecule has 0 aromatic carbocycles. The van der Waals surface area contributed by atoms with Gasteiger partial charge in [0.15, 0.2) is 0 Å². The van der Waals surface area contributed by atoms with E-state index in [1.54, 1.807) is 11.3 Å². The summed E-state index contributed by atoms with van der Waals surface area (Å²) < 4.78 is 5.68. The van der Waals surface area contributed by atoms with Crippen LogP contribution in [0.5, 0.6) is 0 Å².